The molecular formula is C25H34N4O2. The van der Waals surface area contributed by atoms with Crippen LogP contribution < -0.4 is 20.3 Å². The molecule has 2 fully saturated rings. The van der Waals surface area contributed by atoms with E-state index in [0.29, 0.717) is 12.5 Å². The van der Waals surface area contributed by atoms with E-state index < -0.39 is 0 Å². The first-order valence-corrected chi connectivity index (χ1v) is 11.4. The average molecular weight is 423 g/mol. The molecule has 0 aliphatic carbocycles. The molecule has 166 valence electrons. The van der Waals surface area contributed by atoms with Crippen molar-refractivity contribution < 1.29 is 9.53 Å². The SMILES string of the molecule is COc1ccccc1N1CCC(CNC(=O)NC2CCN(Cc3ccccc3)CC2)C1. The van der Waals surface area contributed by atoms with Gasteiger partial charge in [-0.05, 0) is 42.9 Å². The first-order valence-electron chi connectivity index (χ1n) is 11.4. The Morgan fingerprint density at radius 1 is 1.00 bits per heavy atom. The molecule has 0 bridgehead atoms. The number of likely N-dealkylation sites (tertiary alicyclic amines) is 1. The van der Waals surface area contributed by atoms with Crippen molar-refractivity contribution in [3.8, 4) is 5.75 Å². The Morgan fingerprint density at radius 3 is 2.52 bits per heavy atom. The zero-order chi connectivity index (χ0) is 21.5. The lowest BCUT2D eigenvalue weighted by molar-refractivity contribution is 0.186. The van der Waals surface area contributed by atoms with E-state index in [2.05, 4.69) is 56.8 Å². The summed E-state index contributed by atoms with van der Waals surface area (Å²) in [5.74, 6) is 1.37. The van der Waals surface area contributed by atoms with Crippen LogP contribution >= 0.6 is 0 Å². The Kier molecular flexibility index (Phi) is 7.30. The Hall–Kier alpha value is -2.73. The van der Waals surface area contributed by atoms with E-state index in [0.717, 1.165) is 63.4 Å². The van der Waals surface area contributed by atoms with Crippen LogP contribution in [0.3, 0.4) is 0 Å². The summed E-state index contributed by atoms with van der Waals surface area (Å²) in [4.78, 5) is 17.2. The maximum absolute atomic E-state index is 12.4. The molecule has 2 aromatic carbocycles. The number of hydrogen-bond acceptors (Lipinski definition) is 4. The van der Waals surface area contributed by atoms with E-state index in [-0.39, 0.29) is 12.1 Å². The number of benzene rings is 2. The number of hydrogen-bond donors (Lipinski definition) is 2. The predicted molar refractivity (Wildman–Crippen MR) is 125 cm³/mol. The normalized spacial score (nSPS) is 19.9. The fourth-order valence-corrected chi connectivity index (χ4v) is 4.66. The second-order valence-corrected chi connectivity index (χ2v) is 8.66. The van der Waals surface area contributed by atoms with E-state index in [1.807, 2.05) is 18.2 Å². The fraction of sp³-hybridized carbons (Fsp3) is 0.480. The van der Waals surface area contributed by atoms with Crippen LogP contribution in [0.2, 0.25) is 0 Å². The topological polar surface area (TPSA) is 56.8 Å². The van der Waals surface area contributed by atoms with Gasteiger partial charge in [-0.15, -0.1) is 0 Å². The number of methoxy groups -OCH3 is 1. The number of anilines is 1. The molecule has 4 rings (SSSR count). The lowest BCUT2D eigenvalue weighted by Gasteiger charge is -2.32. The molecule has 6 nitrogen and oxygen atoms in total. The first-order chi connectivity index (χ1) is 15.2. The van der Waals surface area contributed by atoms with Crippen LogP contribution in [-0.4, -0.2) is 56.8 Å². The average Bonchev–Trinajstić information content (AvgIpc) is 3.29. The second kappa shape index (κ2) is 10.5. The molecular weight excluding hydrogens is 388 g/mol. The van der Waals surface area contributed by atoms with Gasteiger partial charge in [-0.2, -0.15) is 0 Å². The van der Waals surface area contributed by atoms with Gasteiger partial charge in [0.1, 0.15) is 5.75 Å². The van der Waals surface area contributed by atoms with Crippen molar-refractivity contribution in [1.29, 1.82) is 0 Å². The van der Waals surface area contributed by atoms with E-state index in [1.54, 1.807) is 7.11 Å². The maximum atomic E-state index is 12.4. The largest absolute Gasteiger partial charge is 0.495 e. The van der Waals surface area contributed by atoms with Crippen molar-refractivity contribution in [1.82, 2.24) is 15.5 Å². The molecule has 6 heteroatoms. The fourth-order valence-electron chi connectivity index (χ4n) is 4.66. The van der Waals surface area contributed by atoms with Crippen molar-refractivity contribution in [2.45, 2.75) is 31.8 Å². The predicted octanol–water partition coefficient (Wildman–Crippen LogP) is 3.49. The molecule has 31 heavy (non-hydrogen) atoms. The standard InChI is InChI=1S/C25H34N4O2/c1-31-24-10-6-5-9-23(24)29-16-11-21(19-29)17-26-25(30)27-22-12-14-28(15-13-22)18-20-7-3-2-4-8-20/h2-10,21-22H,11-19H2,1H3,(H2,26,27,30). The molecule has 2 aromatic rings. The highest BCUT2D eigenvalue weighted by Gasteiger charge is 2.25. The van der Waals surface area contributed by atoms with Gasteiger partial charge in [0.05, 0.1) is 12.8 Å². The number of nitrogens with zero attached hydrogens (tertiary/aromatic N) is 2. The Morgan fingerprint density at radius 2 is 1.74 bits per heavy atom. The summed E-state index contributed by atoms with van der Waals surface area (Å²) >= 11 is 0. The molecule has 2 N–H and O–H groups in total. The van der Waals surface area contributed by atoms with Crippen molar-refractivity contribution >= 4 is 11.7 Å². The first kappa shape index (κ1) is 21.5. The van der Waals surface area contributed by atoms with Crippen molar-refractivity contribution in [3.05, 3.63) is 60.2 Å². The molecule has 0 saturated carbocycles. The molecule has 2 aliphatic rings. The zero-order valence-electron chi connectivity index (χ0n) is 18.4. The van der Waals surface area contributed by atoms with Gasteiger partial charge in [0.2, 0.25) is 0 Å². The number of nitrogens with one attached hydrogen (secondary N) is 2. The third-order valence-corrected chi connectivity index (χ3v) is 6.43. The van der Waals surface area contributed by atoms with Crippen LogP contribution in [0.25, 0.3) is 0 Å². The van der Waals surface area contributed by atoms with Gasteiger partial charge in [-0.1, -0.05) is 42.5 Å². The minimum Gasteiger partial charge on any atom is -0.495 e. The smallest absolute Gasteiger partial charge is 0.315 e. The lowest BCUT2D eigenvalue weighted by Crippen LogP contribution is -2.48. The van der Waals surface area contributed by atoms with E-state index in [4.69, 9.17) is 4.74 Å². The molecule has 1 unspecified atom stereocenters. The molecule has 2 saturated heterocycles. The quantitative estimate of drug-likeness (QED) is 0.717. The number of piperidine rings is 1. The molecule has 0 spiro atoms. The van der Waals surface area contributed by atoms with Crippen LogP contribution in [0.4, 0.5) is 10.5 Å². The number of rotatable bonds is 7. The number of urea groups is 1. The number of para-hydroxylation sites is 2. The molecule has 1 atom stereocenters. The van der Waals surface area contributed by atoms with E-state index in [9.17, 15) is 4.79 Å². The van der Waals surface area contributed by atoms with Gasteiger partial charge >= 0.3 is 6.03 Å². The molecule has 0 aromatic heterocycles. The van der Waals surface area contributed by atoms with Gasteiger partial charge < -0.3 is 20.3 Å². The summed E-state index contributed by atoms with van der Waals surface area (Å²) in [6, 6.07) is 19.0. The number of carbonyl (C=O) groups excluding carboxylic acids is 1. The van der Waals surface area contributed by atoms with Gasteiger partial charge in [-0.25, -0.2) is 4.79 Å². The third-order valence-electron chi connectivity index (χ3n) is 6.43. The van der Waals surface area contributed by atoms with Crippen molar-refractivity contribution in [2.24, 2.45) is 5.92 Å². The second-order valence-electron chi connectivity index (χ2n) is 8.66. The number of ether oxygens (including phenoxy) is 1. The van der Waals surface area contributed by atoms with Crippen LogP contribution in [-0.2, 0) is 6.54 Å². The third kappa shape index (κ3) is 5.91. The molecule has 2 heterocycles. The highest BCUT2D eigenvalue weighted by Crippen LogP contribution is 2.31. The highest BCUT2D eigenvalue weighted by molar-refractivity contribution is 5.74. The minimum absolute atomic E-state index is 0.0303. The van der Waals surface area contributed by atoms with E-state index >= 15 is 0 Å². The van der Waals surface area contributed by atoms with Crippen LogP contribution in [0.1, 0.15) is 24.8 Å². The van der Waals surface area contributed by atoms with E-state index in [1.165, 1.54) is 5.56 Å². The maximum Gasteiger partial charge on any atom is 0.315 e. The van der Waals surface area contributed by atoms with Gasteiger partial charge in [0, 0.05) is 45.3 Å². The summed E-state index contributed by atoms with van der Waals surface area (Å²) in [7, 11) is 1.71. The van der Waals surface area contributed by atoms with Crippen LogP contribution in [0.15, 0.2) is 54.6 Å². The van der Waals surface area contributed by atoms with Crippen LogP contribution in [0.5, 0.6) is 5.75 Å². The molecule has 2 aliphatic heterocycles. The van der Waals surface area contributed by atoms with Crippen molar-refractivity contribution in [2.75, 3.05) is 44.7 Å². The van der Waals surface area contributed by atoms with Gasteiger partial charge in [-0.3, -0.25) is 4.90 Å². The summed E-state index contributed by atoms with van der Waals surface area (Å²) in [6.45, 7) is 5.69. The summed E-state index contributed by atoms with van der Waals surface area (Å²) in [6.07, 6.45) is 3.09. The Balaban J connectivity index is 1.15. The van der Waals surface area contributed by atoms with Gasteiger partial charge in [0.25, 0.3) is 0 Å². The minimum atomic E-state index is -0.0303. The summed E-state index contributed by atoms with van der Waals surface area (Å²) in [5, 5.41) is 6.28. The summed E-state index contributed by atoms with van der Waals surface area (Å²) < 4.78 is 5.49. The zero-order valence-corrected chi connectivity index (χ0v) is 18.4. The Bertz CT molecular complexity index is 836. The van der Waals surface area contributed by atoms with Crippen LogP contribution in [0, 0.1) is 5.92 Å². The monoisotopic (exact) mass is 422 g/mol. The highest BCUT2D eigenvalue weighted by atomic mass is 16.5. The number of carbonyl (C=O) groups is 1. The van der Waals surface area contributed by atoms with Crippen molar-refractivity contribution in [3.63, 3.8) is 0 Å². The molecule has 2 amide bonds. The Labute approximate surface area is 185 Å². The number of amides is 2. The summed E-state index contributed by atoms with van der Waals surface area (Å²) in [5.41, 5.74) is 2.49. The lowest BCUT2D eigenvalue weighted by atomic mass is 10.0. The van der Waals surface area contributed by atoms with Gasteiger partial charge in [0.15, 0.2) is 0 Å². The molecule has 0 radical (unpaired) electrons.